The molecule has 1 aliphatic rings. The molecule has 0 aliphatic heterocycles. The number of nitrogens with one attached hydrogen (secondary N) is 1. The van der Waals surface area contributed by atoms with Gasteiger partial charge in [-0.15, -0.1) is 0 Å². The van der Waals surface area contributed by atoms with E-state index < -0.39 is 15.6 Å². The van der Waals surface area contributed by atoms with E-state index in [1.807, 2.05) is 0 Å². The molecule has 1 fully saturated rings. The van der Waals surface area contributed by atoms with E-state index in [-0.39, 0.29) is 10.8 Å². The molecule has 0 spiro atoms. The fourth-order valence-electron chi connectivity index (χ4n) is 1.85. The quantitative estimate of drug-likeness (QED) is 0.922. The molecule has 1 atom stereocenters. The topological polar surface area (TPSA) is 70.0 Å². The number of rotatable bonds is 4. The van der Waals surface area contributed by atoms with Crippen LogP contribution in [0.4, 0.5) is 0 Å². The Morgan fingerprint density at radius 3 is 2.56 bits per heavy atom. The Labute approximate surface area is 115 Å². The van der Waals surface area contributed by atoms with Gasteiger partial charge in [-0.3, -0.25) is 0 Å². The summed E-state index contributed by atoms with van der Waals surface area (Å²) in [5, 5.41) is 9.19. The zero-order chi connectivity index (χ0) is 13.4. The Morgan fingerprint density at radius 1 is 1.44 bits per heavy atom. The zero-order valence-corrected chi connectivity index (χ0v) is 12.3. The lowest BCUT2D eigenvalue weighted by molar-refractivity contribution is 0.458. The molecule has 2 rings (SSSR count). The van der Waals surface area contributed by atoms with Gasteiger partial charge in [-0.25, -0.2) is 8.42 Å². The van der Waals surface area contributed by atoms with Crippen molar-refractivity contribution in [2.75, 3.05) is 0 Å². The summed E-state index contributed by atoms with van der Waals surface area (Å²) in [6.45, 7) is 1.64. The van der Waals surface area contributed by atoms with E-state index >= 15 is 0 Å². The first kappa shape index (κ1) is 13.5. The third kappa shape index (κ3) is 2.58. The fraction of sp³-hybridized carbons (Fsp3) is 0.417. The van der Waals surface area contributed by atoms with E-state index in [1.165, 1.54) is 6.07 Å². The minimum absolute atomic E-state index is 0.111. The molecular formula is C12H13BrN2O2S. The molecule has 0 aromatic heterocycles. The molecule has 0 amide bonds. The number of nitriles is 1. The van der Waals surface area contributed by atoms with Crippen molar-refractivity contribution in [3.8, 4) is 6.07 Å². The van der Waals surface area contributed by atoms with Crippen molar-refractivity contribution in [1.82, 2.24) is 4.72 Å². The lowest BCUT2D eigenvalue weighted by atomic mass is 10.0. The highest BCUT2D eigenvalue weighted by Crippen LogP contribution is 2.40. The van der Waals surface area contributed by atoms with Crippen molar-refractivity contribution >= 4 is 26.0 Å². The number of benzene rings is 1. The zero-order valence-electron chi connectivity index (χ0n) is 9.85. The molecule has 1 aromatic rings. The maximum absolute atomic E-state index is 12.3. The third-order valence-electron chi connectivity index (χ3n) is 3.10. The van der Waals surface area contributed by atoms with Crippen molar-refractivity contribution in [1.29, 1.82) is 5.26 Å². The van der Waals surface area contributed by atoms with E-state index in [1.54, 1.807) is 25.1 Å². The number of sulfonamides is 1. The summed E-state index contributed by atoms with van der Waals surface area (Å²) < 4.78 is 27.5. The van der Waals surface area contributed by atoms with Gasteiger partial charge in [-0.05, 0) is 53.7 Å². The molecule has 0 heterocycles. The van der Waals surface area contributed by atoms with Crippen LogP contribution in [0.2, 0.25) is 0 Å². The Kier molecular flexibility index (Phi) is 3.49. The van der Waals surface area contributed by atoms with Crippen LogP contribution in [-0.4, -0.2) is 14.0 Å². The molecule has 0 bridgehead atoms. The van der Waals surface area contributed by atoms with Crippen LogP contribution in [0.15, 0.2) is 33.6 Å². The van der Waals surface area contributed by atoms with Gasteiger partial charge in [0.1, 0.15) is 5.54 Å². The van der Waals surface area contributed by atoms with Crippen molar-refractivity contribution in [2.24, 2.45) is 5.92 Å². The van der Waals surface area contributed by atoms with Crippen LogP contribution in [0.3, 0.4) is 0 Å². The average molecular weight is 329 g/mol. The van der Waals surface area contributed by atoms with Gasteiger partial charge in [-0.2, -0.15) is 9.98 Å². The second-order valence-corrected chi connectivity index (χ2v) is 7.13. The normalized spacial score (nSPS) is 18.9. The lowest BCUT2D eigenvalue weighted by Crippen LogP contribution is -2.46. The van der Waals surface area contributed by atoms with Gasteiger partial charge >= 0.3 is 0 Å². The molecule has 4 nitrogen and oxygen atoms in total. The Bertz CT molecular complexity index is 605. The van der Waals surface area contributed by atoms with Crippen LogP contribution in [0, 0.1) is 17.2 Å². The minimum Gasteiger partial charge on any atom is -0.207 e. The SMILES string of the molecule is C[C@@](C#N)(NS(=O)(=O)c1ccccc1Br)C1CC1. The summed E-state index contributed by atoms with van der Waals surface area (Å²) in [7, 11) is -3.69. The summed E-state index contributed by atoms with van der Waals surface area (Å²) in [5.74, 6) is 0.111. The predicted molar refractivity (Wildman–Crippen MR) is 71.2 cm³/mol. The molecule has 96 valence electrons. The van der Waals surface area contributed by atoms with Crippen LogP contribution in [-0.2, 0) is 10.0 Å². The third-order valence-corrected chi connectivity index (χ3v) is 5.68. The molecule has 1 aliphatic carbocycles. The van der Waals surface area contributed by atoms with Crippen molar-refractivity contribution in [2.45, 2.75) is 30.2 Å². The number of hydrogen-bond acceptors (Lipinski definition) is 3. The molecule has 1 saturated carbocycles. The highest BCUT2D eigenvalue weighted by Gasteiger charge is 2.45. The van der Waals surface area contributed by atoms with Gasteiger partial charge < -0.3 is 0 Å². The van der Waals surface area contributed by atoms with Gasteiger partial charge in [0.15, 0.2) is 0 Å². The van der Waals surface area contributed by atoms with Gasteiger partial charge in [0, 0.05) is 4.47 Å². The Morgan fingerprint density at radius 2 is 2.06 bits per heavy atom. The van der Waals surface area contributed by atoms with Gasteiger partial charge in [0.2, 0.25) is 10.0 Å². The lowest BCUT2D eigenvalue weighted by Gasteiger charge is -2.22. The molecule has 1 aromatic carbocycles. The number of hydrogen-bond donors (Lipinski definition) is 1. The highest BCUT2D eigenvalue weighted by molar-refractivity contribution is 9.10. The molecule has 18 heavy (non-hydrogen) atoms. The Balaban J connectivity index is 2.34. The van der Waals surface area contributed by atoms with Crippen molar-refractivity contribution in [3.05, 3.63) is 28.7 Å². The number of halogens is 1. The molecule has 6 heteroatoms. The van der Waals surface area contributed by atoms with Gasteiger partial charge in [-0.1, -0.05) is 12.1 Å². The van der Waals surface area contributed by atoms with E-state index in [0.29, 0.717) is 4.47 Å². The molecule has 0 saturated heterocycles. The maximum Gasteiger partial charge on any atom is 0.243 e. The first-order chi connectivity index (χ1) is 8.39. The summed E-state index contributed by atoms with van der Waals surface area (Å²) in [4.78, 5) is 0.159. The van der Waals surface area contributed by atoms with Gasteiger partial charge in [0.05, 0.1) is 11.0 Å². The largest absolute Gasteiger partial charge is 0.243 e. The van der Waals surface area contributed by atoms with E-state index in [4.69, 9.17) is 0 Å². The smallest absolute Gasteiger partial charge is 0.207 e. The van der Waals surface area contributed by atoms with Crippen LogP contribution in [0.5, 0.6) is 0 Å². The second-order valence-electron chi connectivity index (χ2n) is 4.62. The summed E-state index contributed by atoms with van der Waals surface area (Å²) in [5.41, 5.74) is -1.02. The fourth-order valence-corrected chi connectivity index (χ4v) is 4.24. The minimum atomic E-state index is -3.69. The Hall–Kier alpha value is -0.900. The highest BCUT2D eigenvalue weighted by atomic mass is 79.9. The standard InChI is InChI=1S/C12H13BrN2O2S/c1-12(8-14,9-6-7-9)15-18(16,17)11-5-3-2-4-10(11)13/h2-5,9,15H,6-7H2,1H3/t12-/m0/s1. The van der Waals surface area contributed by atoms with Crippen LogP contribution < -0.4 is 4.72 Å². The van der Waals surface area contributed by atoms with Gasteiger partial charge in [0.25, 0.3) is 0 Å². The maximum atomic E-state index is 12.3. The summed E-state index contributed by atoms with van der Waals surface area (Å²) in [6, 6.07) is 8.65. The summed E-state index contributed by atoms with van der Waals surface area (Å²) >= 11 is 3.21. The predicted octanol–water partition coefficient (Wildman–Crippen LogP) is 2.42. The van der Waals surface area contributed by atoms with Crippen molar-refractivity contribution in [3.63, 3.8) is 0 Å². The first-order valence-electron chi connectivity index (χ1n) is 5.59. The average Bonchev–Trinajstić information content (AvgIpc) is 3.12. The molecule has 0 radical (unpaired) electrons. The first-order valence-corrected chi connectivity index (χ1v) is 7.86. The second kappa shape index (κ2) is 4.65. The molecule has 0 unspecified atom stereocenters. The van der Waals surface area contributed by atoms with E-state index in [0.717, 1.165) is 12.8 Å². The van der Waals surface area contributed by atoms with E-state index in [9.17, 15) is 13.7 Å². The molecular weight excluding hydrogens is 316 g/mol. The summed E-state index contributed by atoms with van der Waals surface area (Å²) in [6.07, 6.45) is 1.78. The van der Waals surface area contributed by atoms with E-state index in [2.05, 4.69) is 26.7 Å². The van der Waals surface area contributed by atoms with Crippen molar-refractivity contribution < 1.29 is 8.42 Å². The van der Waals surface area contributed by atoms with Crippen LogP contribution in [0.1, 0.15) is 19.8 Å². The number of nitrogens with zero attached hydrogens (tertiary/aromatic N) is 1. The molecule has 1 N–H and O–H groups in total. The monoisotopic (exact) mass is 328 g/mol. The van der Waals surface area contributed by atoms with Crippen LogP contribution >= 0.6 is 15.9 Å². The van der Waals surface area contributed by atoms with Crippen LogP contribution in [0.25, 0.3) is 0 Å².